The van der Waals surface area contributed by atoms with Gasteiger partial charge in [-0.25, -0.2) is 13.1 Å². The van der Waals surface area contributed by atoms with E-state index in [1.807, 2.05) is 6.92 Å². The molecule has 0 spiro atoms. The van der Waals surface area contributed by atoms with Crippen molar-refractivity contribution in [3.63, 3.8) is 0 Å². The molecule has 23 heavy (non-hydrogen) atoms. The van der Waals surface area contributed by atoms with Gasteiger partial charge in [-0.05, 0) is 32.0 Å². The average molecular weight is 336 g/mol. The maximum atomic E-state index is 12.4. The highest BCUT2D eigenvalue weighted by atomic mass is 32.2. The Hall–Kier alpha value is -2.39. The summed E-state index contributed by atoms with van der Waals surface area (Å²) in [6.45, 7) is 3.70. The normalized spacial score (nSPS) is 14.1. The number of aromatic amines is 1. The number of carbonyl (C=O) groups excluding carboxylic acids is 1. The van der Waals surface area contributed by atoms with Crippen LogP contribution in [0, 0.1) is 13.8 Å². The molecule has 8 nitrogen and oxygen atoms in total. The molecule has 1 aliphatic heterocycles. The van der Waals surface area contributed by atoms with Crippen molar-refractivity contribution >= 4 is 21.6 Å². The number of anilines is 1. The molecule has 0 saturated heterocycles. The summed E-state index contributed by atoms with van der Waals surface area (Å²) in [7, 11) is -3.72. The minimum absolute atomic E-state index is 0.0563. The Labute approximate surface area is 133 Å². The first-order chi connectivity index (χ1) is 10.9. The van der Waals surface area contributed by atoms with Crippen molar-refractivity contribution in [2.24, 2.45) is 0 Å². The number of fused-ring (bicyclic) bond motifs is 1. The molecule has 9 heteroatoms. The minimum Gasteiger partial charge on any atom is -0.482 e. The van der Waals surface area contributed by atoms with E-state index in [2.05, 4.69) is 20.2 Å². The molecule has 0 aliphatic carbocycles. The smallest absolute Gasteiger partial charge is 0.262 e. The van der Waals surface area contributed by atoms with Gasteiger partial charge in [-0.1, -0.05) is 0 Å². The highest BCUT2D eigenvalue weighted by Gasteiger charge is 2.21. The predicted octanol–water partition coefficient (Wildman–Crippen LogP) is 0.836. The number of hydrogen-bond acceptors (Lipinski definition) is 5. The van der Waals surface area contributed by atoms with Gasteiger partial charge in [0.05, 0.1) is 16.3 Å². The van der Waals surface area contributed by atoms with E-state index in [9.17, 15) is 13.2 Å². The number of hydrogen-bond donors (Lipinski definition) is 3. The van der Waals surface area contributed by atoms with Crippen LogP contribution in [0.4, 0.5) is 5.69 Å². The van der Waals surface area contributed by atoms with Gasteiger partial charge in [0.25, 0.3) is 5.91 Å². The molecule has 1 aliphatic rings. The number of amides is 1. The highest BCUT2D eigenvalue weighted by molar-refractivity contribution is 7.89. The van der Waals surface area contributed by atoms with E-state index in [0.29, 0.717) is 11.4 Å². The largest absolute Gasteiger partial charge is 0.482 e. The number of carbonyl (C=O) groups is 1. The molecular formula is C14H16N4O4S. The lowest BCUT2D eigenvalue weighted by Gasteiger charge is -2.18. The molecule has 0 fully saturated rings. The lowest BCUT2D eigenvalue weighted by Crippen LogP contribution is -2.27. The van der Waals surface area contributed by atoms with E-state index >= 15 is 0 Å². The van der Waals surface area contributed by atoms with Crippen LogP contribution in [0.2, 0.25) is 0 Å². The first kappa shape index (κ1) is 15.5. The molecular weight excluding hydrogens is 320 g/mol. The Morgan fingerprint density at radius 3 is 2.83 bits per heavy atom. The lowest BCUT2D eigenvalue weighted by atomic mass is 10.2. The molecule has 0 atom stereocenters. The predicted molar refractivity (Wildman–Crippen MR) is 82.7 cm³/mol. The van der Waals surface area contributed by atoms with E-state index in [-0.39, 0.29) is 24.0 Å². The number of nitrogens with zero attached hydrogens (tertiary/aromatic N) is 1. The number of nitrogens with one attached hydrogen (secondary N) is 3. The van der Waals surface area contributed by atoms with Crippen molar-refractivity contribution in [1.29, 1.82) is 0 Å². The monoisotopic (exact) mass is 336 g/mol. The van der Waals surface area contributed by atoms with Crippen molar-refractivity contribution in [3.8, 4) is 5.75 Å². The number of H-pyrrole nitrogens is 1. The summed E-state index contributed by atoms with van der Waals surface area (Å²) in [6.07, 6.45) is 0. The van der Waals surface area contributed by atoms with Crippen molar-refractivity contribution in [2.45, 2.75) is 25.3 Å². The van der Waals surface area contributed by atoms with Gasteiger partial charge in [0.15, 0.2) is 6.61 Å². The number of aryl methyl sites for hydroxylation is 2. The topological polar surface area (TPSA) is 113 Å². The van der Waals surface area contributed by atoms with Gasteiger partial charge in [-0.15, -0.1) is 0 Å². The van der Waals surface area contributed by atoms with Crippen LogP contribution in [0.5, 0.6) is 5.75 Å². The first-order valence-corrected chi connectivity index (χ1v) is 8.42. The summed E-state index contributed by atoms with van der Waals surface area (Å²) in [4.78, 5) is 11.4. The maximum absolute atomic E-state index is 12.4. The molecule has 3 rings (SSSR count). The third-order valence-corrected chi connectivity index (χ3v) is 5.01. The molecule has 0 radical (unpaired) electrons. The van der Waals surface area contributed by atoms with Crippen molar-refractivity contribution in [3.05, 3.63) is 35.2 Å². The second-order valence-corrected chi connectivity index (χ2v) is 7.00. The van der Waals surface area contributed by atoms with Crippen LogP contribution in [0.25, 0.3) is 0 Å². The number of benzene rings is 1. The van der Waals surface area contributed by atoms with Crippen LogP contribution in [0.3, 0.4) is 0 Å². The van der Waals surface area contributed by atoms with Crippen LogP contribution in [0.1, 0.15) is 17.0 Å². The van der Waals surface area contributed by atoms with Crippen molar-refractivity contribution < 1.29 is 17.9 Å². The van der Waals surface area contributed by atoms with Gasteiger partial charge in [-0.2, -0.15) is 5.10 Å². The first-order valence-electron chi connectivity index (χ1n) is 6.93. The molecule has 122 valence electrons. The molecule has 0 saturated carbocycles. The van der Waals surface area contributed by atoms with E-state index in [1.165, 1.54) is 18.2 Å². The maximum Gasteiger partial charge on any atom is 0.262 e. The minimum atomic E-state index is -3.72. The summed E-state index contributed by atoms with van der Waals surface area (Å²) in [5.41, 5.74) is 2.72. The van der Waals surface area contributed by atoms with Crippen molar-refractivity contribution in [2.75, 3.05) is 11.9 Å². The Morgan fingerprint density at radius 2 is 2.13 bits per heavy atom. The van der Waals surface area contributed by atoms with Crippen LogP contribution in [-0.4, -0.2) is 31.1 Å². The second kappa shape index (κ2) is 5.67. The summed E-state index contributed by atoms with van der Waals surface area (Å²) < 4.78 is 32.6. The van der Waals surface area contributed by atoms with Gasteiger partial charge in [0, 0.05) is 17.8 Å². The number of ether oxygens (including phenoxy) is 1. The zero-order chi connectivity index (χ0) is 16.6. The zero-order valence-corrected chi connectivity index (χ0v) is 13.5. The van der Waals surface area contributed by atoms with Gasteiger partial charge < -0.3 is 10.1 Å². The molecule has 1 amide bonds. The molecule has 2 aromatic rings. The number of rotatable bonds is 4. The third kappa shape index (κ3) is 3.06. The average Bonchev–Trinajstić information content (AvgIpc) is 2.83. The molecule has 0 unspecified atom stereocenters. The molecule has 1 aromatic carbocycles. The van der Waals surface area contributed by atoms with Crippen molar-refractivity contribution in [1.82, 2.24) is 14.9 Å². The fraction of sp³-hybridized carbons (Fsp3) is 0.286. The Bertz CT molecular complexity index is 853. The Balaban J connectivity index is 1.83. The fourth-order valence-corrected chi connectivity index (χ4v) is 3.34. The molecule has 3 N–H and O–H groups in total. The van der Waals surface area contributed by atoms with Gasteiger partial charge in [0.1, 0.15) is 5.75 Å². The number of sulfonamides is 1. The van der Waals surface area contributed by atoms with E-state index in [1.54, 1.807) is 6.92 Å². The quantitative estimate of drug-likeness (QED) is 0.765. The standard InChI is InChI=1S/C14H16N4O4S/c1-8-11(9(2)18-17-8)6-15-23(20,21)10-3-4-13-12(5-10)16-14(19)7-22-13/h3-5,15H,6-7H2,1-2H3,(H,16,19)(H,17,18). The summed E-state index contributed by atoms with van der Waals surface area (Å²) in [5, 5.41) is 9.43. The zero-order valence-electron chi connectivity index (χ0n) is 12.6. The highest BCUT2D eigenvalue weighted by Crippen LogP contribution is 2.30. The van der Waals surface area contributed by atoms with Crippen LogP contribution >= 0.6 is 0 Å². The van der Waals surface area contributed by atoms with Crippen LogP contribution in [-0.2, 0) is 21.4 Å². The van der Waals surface area contributed by atoms with E-state index in [4.69, 9.17) is 4.74 Å². The van der Waals surface area contributed by atoms with Crippen LogP contribution in [0.15, 0.2) is 23.1 Å². The molecule has 0 bridgehead atoms. The summed E-state index contributed by atoms with van der Waals surface area (Å²) in [5.74, 6) is 0.134. The fourth-order valence-electron chi connectivity index (χ4n) is 2.31. The second-order valence-electron chi connectivity index (χ2n) is 5.23. The molecule has 1 aromatic heterocycles. The van der Waals surface area contributed by atoms with Gasteiger partial charge >= 0.3 is 0 Å². The molecule has 2 heterocycles. The lowest BCUT2D eigenvalue weighted by molar-refractivity contribution is -0.118. The Morgan fingerprint density at radius 1 is 1.35 bits per heavy atom. The SMILES string of the molecule is Cc1n[nH]c(C)c1CNS(=O)(=O)c1ccc2c(c1)NC(=O)CO2. The van der Waals surface area contributed by atoms with E-state index < -0.39 is 10.0 Å². The van der Waals surface area contributed by atoms with E-state index in [0.717, 1.165) is 17.0 Å². The van der Waals surface area contributed by atoms with Crippen LogP contribution < -0.4 is 14.8 Å². The van der Waals surface area contributed by atoms with Gasteiger partial charge in [0.2, 0.25) is 10.0 Å². The number of aromatic nitrogens is 2. The van der Waals surface area contributed by atoms with Gasteiger partial charge in [-0.3, -0.25) is 9.89 Å². The third-order valence-electron chi connectivity index (χ3n) is 3.61. The summed E-state index contributed by atoms with van der Waals surface area (Å²) in [6, 6.07) is 4.34. The summed E-state index contributed by atoms with van der Waals surface area (Å²) >= 11 is 0. The Kier molecular flexibility index (Phi) is 3.82.